The van der Waals surface area contributed by atoms with Crippen LogP contribution in [-0.2, 0) is 16.0 Å². The van der Waals surface area contributed by atoms with Crippen LogP contribution < -0.4 is 5.32 Å². The average molecular weight is 316 g/mol. The van der Waals surface area contributed by atoms with Gasteiger partial charge in [0, 0.05) is 12.5 Å². The number of hydrogen-bond acceptors (Lipinski definition) is 5. The average Bonchev–Trinajstić information content (AvgIpc) is 3.28. The Morgan fingerprint density at radius 1 is 1.39 bits per heavy atom. The molecule has 1 atom stereocenters. The first-order chi connectivity index (χ1) is 11.1. The van der Waals surface area contributed by atoms with Crippen molar-refractivity contribution < 1.29 is 18.7 Å². The number of cyclic esters (lactones) is 1. The Morgan fingerprint density at radius 2 is 2.22 bits per heavy atom. The van der Waals surface area contributed by atoms with E-state index < -0.39 is 23.8 Å². The van der Waals surface area contributed by atoms with Crippen LogP contribution in [0, 0.1) is 5.82 Å². The number of hydrogen-bond donors (Lipinski definition) is 1. The molecule has 1 aliphatic heterocycles. The van der Waals surface area contributed by atoms with E-state index in [4.69, 9.17) is 4.74 Å². The maximum Gasteiger partial charge on any atom is 0.339 e. The number of esters is 1. The molecular weight excluding hydrogens is 303 g/mol. The Hall–Kier alpha value is -2.77. The van der Waals surface area contributed by atoms with Gasteiger partial charge < -0.3 is 4.74 Å². The Kier molecular flexibility index (Phi) is 3.10. The molecule has 1 saturated carbocycles. The lowest BCUT2D eigenvalue weighted by molar-refractivity contribution is -0.125. The molecule has 2 aromatic rings. The van der Waals surface area contributed by atoms with Gasteiger partial charge in [-0.05, 0) is 30.5 Å². The van der Waals surface area contributed by atoms with Crippen molar-refractivity contribution in [2.75, 3.05) is 5.32 Å². The van der Waals surface area contributed by atoms with Gasteiger partial charge in [0.25, 0.3) is 5.91 Å². The third-order valence-corrected chi connectivity index (χ3v) is 3.99. The molecule has 1 unspecified atom stereocenters. The van der Waals surface area contributed by atoms with Crippen molar-refractivity contribution in [3.63, 3.8) is 0 Å². The number of amides is 1. The van der Waals surface area contributed by atoms with Crippen LogP contribution in [0.1, 0.15) is 34.8 Å². The van der Waals surface area contributed by atoms with Crippen molar-refractivity contribution in [2.45, 2.75) is 31.4 Å². The molecule has 1 aromatic heterocycles. The molecule has 1 fully saturated rings. The molecular formula is C15H13FN4O3. The quantitative estimate of drug-likeness (QED) is 0.867. The van der Waals surface area contributed by atoms with E-state index in [0.717, 1.165) is 18.9 Å². The van der Waals surface area contributed by atoms with E-state index in [-0.39, 0.29) is 12.0 Å². The molecule has 2 aliphatic rings. The minimum Gasteiger partial charge on any atom is -0.448 e. The van der Waals surface area contributed by atoms with Crippen molar-refractivity contribution in [3.8, 4) is 0 Å². The predicted octanol–water partition coefficient (Wildman–Crippen LogP) is 1.47. The van der Waals surface area contributed by atoms with Gasteiger partial charge in [-0.3, -0.25) is 14.7 Å². The summed E-state index contributed by atoms with van der Waals surface area (Å²) >= 11 is 0. The Bertz CT molecular complexity index is 800. The fraction of sp³-hybridized carbons (Fsp3) is 0.333. The first kappa shape index (κ1) is 13.9. The maximum absolute atomic E-state index is 13.2. The van der Waals surface area contributed by atoms with Crippen LogP contribution in [0.25, 0.3) is 0 Å². The van der Waals surface area contributed by atoms with Crippen LogP contribution in [0.5, 0.6) is 0 Å². The lowest BCUT2D eigenvalue weighted by atomic mass is 9.98. The summed E-state index contributed by atoms with van der Waals surface area (Å²) in [5.74, 6) is -1.34. The zero-order valence-electron chi connectivity index (χ0n) is 12.0. The number of anilines is 1. The zero-order chi connectivity index (χ0) is 16.0. The molecule has 2 heterocycles. The molecule has 0 bridgehead atoms. The van der Waals surface area contributed by atoms with Gasteiger partial charge in [-0.1, -0.05) is 6.07 Å². The largest absolute Gasteiger partial charge is 0.448 e. The molecule has 118 valence electrons. The second-order valence-corrected chi connectivity index (χ2v) is 5.68. The standard InChI is InChI=1S/C15H13FN4O3/c16-9-2-1-8-5-12(23-14(22)11(8)6-9)13(21)18-15-19-17-7-20(15)10-3-4-10/h1-2,6-7,10,12H,3-5H2,(H,18,19,21). The SMILES string of the molecule is O=C1OC(C(=O)Nc2nncn2C2CC2)Cc2ccc(F)cc21. The van der Waals surface area contributed by atoms with Crippen LogP contribution in [0.2, 0.25) is 0 Å². The number of carbonyl (C=O) groups excluding carboxylic acids is 2. The Morgan fingerprint density at radius 3 is 3.00 bits per heavy atom. The number of halogens is 1. The van der Waals surface area contributed by atoms with Crippen molar-refractivity contribution in [1.29, 1.82) is 0 Å². The first-order valence-corrected chi connectivity index (χ1v) is 7.31. The molecule has 0 spiro atoms. The summed E-state index contributed by atoms with van der Waals surface area (Å²) in [7, 11) is 0. The Balaban J connectivity index is 1.52. The molecule has 4 rings (SSSR count). The van der Waals surface area contributed by atoms with Crippen molar-refractivity contribution >= 4 is 17.8 Å². The lowest BCUT2D eigenvalue weighted by Gasteiger charge is -2.23. The predicted molar refractivity (Wildman–Crippen MR) is 76.2 cm³/mol. The number of rotatable bonds is 3. The number of ether oxygens (including phenoxy) is 1. The normalized spacial score (nSPS) is 19.9. The summed E-state index contributed by atoms with van der Waals surface area (Å²) in [5, 5.41) is 10.3. The van der Waals surface area contributed by atoms with Crippen molar-refractivity contribution in [2.24, 2.45) is 0 Å². The third kappa shape index (κ3) is 2.56. The fourth-order valence-electron chi connectivity index (χ4n) is 2.64. The van der Waals surface area contributed by atoms with E-state index in [2.05, 4.69) is 15.5 Å². The summed E-state index contributed by atoms with van der Waals surface area (Å²) < 4.78 is 20.1. The van der Waals surface area contributed by atoms with Crippen LogP contribution in [0.15, 0.2) is 24.5 Å². The summed E-state index contributed by atoms with van der Waals surface area (Å²) in [6.45, 7) is 0. The lowest BCUT2D eigenvalue weighted by Crippen LogP contribution is -2.38. The van der Waals surface area contributed by atoms with E-state index >= 15 is 0 Å². The van der Waals surface area contributed by atoms with Gasteiger partial charge in [-0.25, -0.2) is 9.18 Å². The van der Waals surface area contributed by atoms with Gasteiger partial charge in [0.1, 0.15) is 12.1 Å². The van der Waals surface area contributed by atoms with Gasteiger partial charge in [0.05, 0.1) is 5.56 Å². The monoisotopic (exact) mass is 316 g/mol. The van der Waals surface area contributed by atoms with E-state index in [1.165, 1.54) is 12.1 Å². The van der Waals surface area contributed by atoms with Gasteiger partial charge >= 0.3 is 5.97 Å². The minimum atomic E-state index is -0.968. The highest BCUT2D eigenvalue weighted by atomic mass is 19.1. The highest BCUT2D eigenvalue weighted by Gasteiger charge is 2.33. The summed E-state index contributed by atoms with van der Waals surface area (Å²) in [4.78, 5) is 24.3. The van der Waals surface area contributed by atoms with Crippen molar-refractivity contribution in [1.82, 2.24) is 14.8 Å². The summed E-state index contributed by atoms with van der Waals surface area (Å²) in [5.41, 5.74) is 0.752. The second-order valence-electron chi connectivity index (χ2n) is 5.68. The zero-order valence-corrected chi connectivity index (χ0v) is 12.0. The highest BCUT2D eigenvalue weighted by Crippen LogP contribution is 2.36. The number of nitrogens with one attached hydrogen (secondary N) is 1. The molecule has 23 heavy (non-hydrogen) atoms. The van der Waals surface area contributed by atoms with Crippen LogP contribution in [0.4, 0.5) is 10.3 Å². The molecule has 0 radical (unpaired) electrons. The molecule has 7 nitrogen and oxygen atoms in total. The molecule has 1 aromatic carbocycles. The number of benzene rings is 1. The van der Waals surface area contributed by atoms with Gasteiger partial charge in [0.15, 0.2) is 6.10 Å². The number of carbonyl (C=O) groups is 2. The molecule has 1 aliphatic carbocycles. The molecule has 1 N–H and O–H groups in total. The first-order valence-electron chi connectivity index (χ1n) is 7.31. The minimum absolute atomic E-state index is 0.162. The van der Waals surface area contributed by atoms with Crippen molar-refractivity contribution in [3.05, 3.63) is 41.5 Å². The molecule has 1 amide bonds. The maximum atomic E-state index is 13.2. The topological polar surface area (TPSA) is 86.1 Å². The number of fused-ring (bicyclic) bond motifs is 1. The number of aromatic nitrogens is 3. The summed E-state index contributed by atoms with van der Waals surface area (Å²) in [6, 6.07) is 4.20. The van der Waals surface area contributed by atoms with E-state index in [0.29, 0.717) is 17.6 Å². The smallest absolute Gasteiger partial charge is 0.339 e. The van der Waals surface area contributed by atoms with Crippen LogP contribution in [0.3, 0.4) is 0 Å². The summed E-state index contributed by atoms with van der Waals surface area (Å²) in [6.07, 6.45) is 2.85. The van der Waals surface area contributed by atoms with E-state index in [9.17, 15) is 14.0 Å². The van der Waals surface area contributed by atoms with Crippen LogP contribution in [-0.4, -0.2) is 32.7 Å². The molecule has 8 heteroatoms. The molecule has 0 saturated heterocycles. The fourth-order valence-corrected chi connectivity index (χ4v) is 2.64. The number of nitrogens with zero attached hydrogens (tertiary/aromatic N) is 3. The van der Waals surface area contributed by atoms with Gasteiger partial charge in [-0.15, -0.1) is 10.2 Å². The van der Waals surface area contributed by atoms with Gasteiger partial charge in [-0.2, -0.15) is 0 Å². The highest BCUT2D eigenvalue weighted by molar-refractivity contribution is 5.99. The second kappa shape index (κ2) is 5.15. The Labute approximate surface area is 130 Å². The van der Waals surface area contributed by atoms with E-state index in [1.54, 1.807) is 10.9 Å². The van der Waals surface area contributed by atoms with E-state index in [1.807, 2.05) is 0 Å². The van der Waals surface area contributed by atoms with Crippen LogP contribution >= 0.6 is 0 Å². The third-order valence-electron chi connectivity index (χ3n) is 3.99. The van der Waals surface area contributed by atoms with Gasteiger partial charge in [0.2, 0.25) is 5.95 Å².